The molecule has 1 atom stereocenters. The maximum atomic E-state index is 12.4. The predicted octanol–water partition coefficient (Wildman–Crippen LogP) is 3.47. The quantitative estimate of drug-likeness (QED) is 0.760. The van der Waals surface area contributed by atoms with Crippen LogP contribution in [0.2, 0.25) is 0 Å². The summed E-state index contributed by atoms with van der Waals surface area (Å²) in [4.78, 5) is 13.1. The van der Waals surface area contributed by atoms with Gasteiger partial charge in [0.25, 0.3) is 0 Å². The Hall–Kier alpha value is -2.35. The van der Waals surface area contributed by atoms with E-state index in [-0.39, 0.29) is 17.4 Å². The molecular formula is C16H18F2N2O3S. The zero-order valence-corrected chi connectivity index (χ0v) is 14.0. The number of thiophene rings is 1. The van der Waals surface area contributed by atoms with E-state index in [4.69, 9.17) is 4.74 Å². The number of hydrogen-bond acceptors (Lipinski definition) is 5. The van der Waals surface area contributed by atoms with Crippen LogP contribution in [0.1, 0.15) is 11.8 Å². The van der Waals surface area contributed by atoms with Crippen molar-refractivity contribution in [2.75, 3.05) is 12.4 Å². The Morgan fingerprint density at radius 2 is 2.08 bits per heavy atom. The Labute approximate surface area is 142 Å². The molecule has 0 saturated carbocycles. The van der Waals surface area contributed by atoms with E-state index in [1.54, 1.807) is 24.3 Å². The van der Waals surface area contributed by atoms with Gasteiger partial charge in [0.2, 0.25) is 5.91 Å². The van der Waals surface area contributed by atoms with Gasteiger partial charge in [-0.15, -0.1) is 11.3 Å². The first-order chi connectivity index (χ1) is 11.5. The summed E-state index contributed by atoms with van der Waals surface area (Å²) < 4.78 is 34.3. The lowest BCUT2D eigenvalue weighted by atomic mass is 10.2. The molecule has 0 saturated heterocycles. The van der Waals surface area contributed by atoms with Crippen molar-refractivity contribution in [3.05, 3.63) is 40.6 Å². The molecule has 24 heavy (non-hydrogen) atoms. The average Bonchev–Trinajstić information content (AvgIpc) is 3.05. The lowest BCUT2D eigenvalue weighted by Gasteiger charge is -2.17. The molecule has 1 amide bonds. The largest absolute Gasteiger partial charge is 0.493 e. The molecule has 1 unspecified atom stereocenters. The van der Waals surface area contributed by atoms with Gasteiger partial charge in [-0.25, -0.2) is 0 Å². The number of anilines is 1. The number of hydrogen-bond donors (Lipinski definition) is 2. The van der Waals surface area contributed by atoms with Gasteiger partial charge in [0.05, 0.1) is 13.7 Å². The predicted molar refractivity (Wildman–Crippen MR) is 88.9 cm³/mol. The van der Waals surface area contributed by atoms with Crippen LogP contribution < -0.4 is 20.1 Å². The molecule has 130 valence electrons. The molecule has 0 spiro atoms. The summed E-state index contributed by atoms with van der Waals surface area (Å²) in [6, 6.07) is 7.79. The monoisotopic (exact) mass is 356 g/mol. The number of carbonyl (C=O) groups excluding carboxylic acids is 1. The van der Waals surface area contributed by atoms with E-state index in [0.29, 0.717) is 12.2 Å². The fourth-order valence-corrected chi connectivity index (χ4v) is 2.66. The zero-order chi connectivity index (χ0) is 17.5. The summed E-state index contributed by atoms with van der Waals surface area (Å²) in [5.74, 6) is -0.102. The topological polar surface area (TPSA) is 59.6 Å². The molecular weight excluding hydrogens is 338 g/mol. The third-order valence-electron chi connectivity index (χ3n) is 3.17. The van der Waals surface area contributed by atoms with Gasteiger partial charge in [-0.3, -0.25) is 4.79 Å². The minimum absolute atomic E-state index is 0.0938. The second-order valence-corrected chi connectivity index (χ2v) is 5.94. The number of halogens is 2. The molecule has 0 fully saturated rings. The highest BCUT2D eigenvalue weighted by atomic mass is 32.1. The number of ether oxygens (including phenoxy) is 2. The van der Waals surface area contributed by atoms with Crippen LogP contribution in [-0.2, 0) is 11.3 Å². The standard InChI is InChI=1S/C16H18F2N2O3S/c1-10(15(21)19-9-12-4-3-7-24-12)20-11-5-6-13(22-2)14(8-11)23-16(17)18/h3-8,10,16,20H,9H2,1-2H3,(H,19,21). The molecule has 0 aliphatic heterocycles. The number of carbonyl (C=O) groups is 1. The smallest absolute Gasteiger partial charge is 0.387 e. The first kappa shape index (κ1) is 18.0. The Balaban J connectivity index is 1.97. The summed E-state index contributed by atoms with van der Waals surface area (Å²) in [7, 11) is 1.36. The Morgan fingerprint density at radius 3 is 2.71 bits per heavy atom. The van der Waals surface area contributed by atoms with Crippen molar-refractivity contribution in [1.29, 1.82) is 0 Å². The fraction of sp³-hybridized carbons (Fsp3) is 0.312. The second-order valence-electron chi connectivity index (χ2n) is 4.91. The normalized spacial score (nSPS) is 11.9. The van der Waals surface area contributed by atoms with Crippen molar-refractivity contribution >= 4 is 22.9 Å². The number of alkyl halides is 2. The molecule has 0 aliphatic rings. The van der Waals surface area contributed by atoms with E-state index in [0.717, 1.165) is 4.88 Å². The van der Waals surface area contributed by atoms with Crippen LogP contribution in [0.4, 0.5) is 14.5 Å². The molecule has 0 bridgehead atoms. The van der Waals surface area contributed by atoms with Crippen LogP contribution in [0.25, 0.3) is 0 Å². The van der Waals surface area contributed by atoms with E-state index in [1.165, 1.54) is 19.2 Å². The van der Waals surface area contributed by atoms with Crippen LogP contribution in [0.5, 0.6) is 11.5 Å². The number of methoxy groups -OCH3 is 1. The first-order valence-electron chi connectivity index (χ1n) is 7.19. The summed E-state index contributed by atoms with van der Waals surface area (Å²) >= 11 is 1.56. The van der Waals surface area contributed by atoms with Gasteiger partial charge >= 0.3 is 6.61 Å². The third kappa shape index (κ3) is 5.09. The molecule has 2 N–H and O–H groups in total. The van der Waals surface area contributed by atoms with Gasteiger partial charge in [0.1, 0.15) is 6.04 Å². The van der Waals surface area contributed by atoms with Gasteiger partial charge in [-0.05, 0) is 30.5 Å². The van der Waals surface area contributed by atoms with Gasteiger partial charge in [0, 0.05) is 16.6 Å². The van der Waals surface area contributed by atoms with Crippen LogP contribution in [-0.4, -0.2) is 25.7 Å². The lowest BCUT2D eigenvalue weighted by molar-refractivity contribution is -0.121. The fourth-order valence-electron chi connectivity index (χ4n) is 2.01. The van der Waals surface area contributed by atoms with Crippen molar-refractivity contribution in [2.45, 2.75) is 26.1 Å². The maximum Gasteiger partial charge on any atom is 0.387 e. The van der Waals surface area contributed by atoms with E-state index in [1.807, 2.05) is 17.5 Å². The SMILES string of the molecule is COc1ccc(NC(C)C(=O)NCc2cccs2)cc1OC(F)F. The Bertz CT molecular complexity index is 665. The second kappa shape index (κ2) is 8.49. The molecule has 2 rings (SSSR count). The average molecular weight is 356 g/mol. The van der Waals surface area contributed by atoms with E-state index in [2.05, 4.69) is 15.4 Å². The van der Waals surface area contributed by atoms with Crippen LogP contribution in [0, 0.1) is 0 Å². The first-order valence-corrected chi connectivity index (χ1v) is 8.07. The third-order valence-corrected chi connectivity index (χ3v) is 4.05. The number of nitrogens with one attached hydrogen (secondary N) is 2. The highest BCUT2D eigenvalue weighted by Gasteiger charge is 2.15. The highest BCUT2D eigenvalue weighted by Crippen LogP contribution is 2.31. The minimum atomic E-state index is -2.96. The highest BCUT2D eigenvalue weighted by molar-refractivity contribution is 7.09. The molecule has 5 nitrogen and oxygen atoms in total. The summed E-state index contributed by atoms with van der Waals surface area (Å²) in [6.45, 7) is -0.826. The molecule has 1 aromatic heterocycles. The Kier molecular flexibility index (Phi) is 6.36. The van der Waals surface area contributed by atoms with Crippen LogP contribution in [0.15, 0.2) is 35.7 Å². The molecule has 8 heteroatoms. The maximum absolute atomic E-state index is 12.4. The lowest BCUT2D eigenvalue weighted by Crippen LogP contribution is -2.37. The molecule has 0 radical (unpaired) electrons. The molecule has 1 heterocycles. The van der Waals surface area contributed by atoms with Crippen molar-refractivity contribution in [1.82, 2.24) is 5.32 Å². The molecule has 2 aromatic rings. The zero-order valence-electron chi connectivity index (χ0n) is 13.2. The summed E-state index contributed by atoms with van der Waals surface area (Å²) in [5, 5.41) is 7.69. The van der Waals surface area contributed by atoms with E-state index >= 15 is 0 Å². The van der Waals surface area contributed by atoms with E-state index < -0.39 is 12.7 Å². The van der Waals surface area contributed by atoms with Crippen molar-refractivity contribution in [3.63, 3.8) is 0 Å². The van der Waals surface area contributed by atoms with Gasteiger partial charge in [-0.1, -0.05) is 6.07 Å². The number of benzene rings is 1. The van der Waals surface area contributed by atoms with Crippen molar-refractivity contribution in [2.24, 2.45) is 0 Å². The number of rotatable bonds is 8. The summed E-state index contributed by atoms with van der Waals surface area (Å²) in [6.07, 6.45) is 0. The van der Waals surface area contributed by atoms with Crippen LogP contribution in [0.3, 0.4) is 0 Å². The van der Waals surface area contributed by atoms with Crippen LogP contribution >= 0.6 is 11.3 Å². The van der Waals surface area contributed by atoms with Gasteiger partial charge < -0.3 is 20.1 Å². The summed E-state index contributed by atoms with van der Waals surface area (Å²) in [5.41, 5.74) is 0.477. The minimum Gasteiger partial charge on any atom is -0.493 e. The number of amides is 1. The van der Waals surface area contributed by atoms with Crippen molar-refractivity contribution < 1.29 is 23.0 Å². The van der Waals surface area contributed by atoms with Gasteiger partial charge in [0.15, 0.2) is 11.5 Å². The van der Waals surface area contributed by atoms with Crippen molar-refractivity contribution in [3.8, 4) is 11.5 Å². The Morgan fingerprint density at radius 1 is 1.29 bits per heavy atom. The molecule has 1 aromatic carbocycles. The molecule has 0 aliphatic carbocycles. The van der Waals surface area contributed by atoms with E-state index in [9.17, 15) is 13.6 Å². The van der Waals surface area contributed by atoms with Gasteiger partial charge in [-0.2, -0.15) is 8.78 Å².